The Morgan fingerprint density at radius 1 is 1.58 bits per heavy atom. The van der Waals surface area contributed by atoms with Crippen molar-refractivity contribution in [3.8, 4) is 6.07 Å². The quantitative estimate of drug-likeness (QED) is 0.826. The topological polar surface area (TPSA) is 86.1 Å². The molecule has 1 aromatic heterocycles. The van der Waals surface area contributed by atoms with Crippen LogP contribution in [-0.4, -0.2) is 41.3 Å². The molecule has 6 heteroatoms. The third-order valence-corrected chi connectivity index (χ3v) is 3.09. The van der Waals surface area contributed by atoms with Gasteiger partial charge in [-0.2, -0.15) is 5.26 Å². The molecule has 0 spiro atoms. The van der Waals surface area contributed by atoms with E-state index in [1.165, 1.54) is 12.3 Å². The van der Waals surface area contributed by atoms with E-state index in [1.807, 2.05) is 6.07 Å². The molecule has 2 heterocycles. The minimum absolute atomic E-state index is 0.0485. The molecule has 1 aliphatic rings. The first-order valence-electron chi connectivity index (χ1n) is 6.01. The van der Waals surface area contributed by atoms with Gasteiger partial charge in [0, 0.05) is 32.3 Å². The Kier molecular flexibility index (Phi) is 3.76. The summed E-state index contributed by atoms with van der Waals surface area (Å²) in [4.78, 5) is 28.8. The van der Waals surface area contributed by atoms with E-state index in [1.54, 1.807) is 18.0 Å². The second kappa shape index (κ2) is 5.48. The summed E-state index contributed by atoms with van der Waals surface area (Å²) in [5.41, 5.74) is 0.693. The highest BCUT2D eigenvalue weighted by atomic mass is 16.2. The number of nitriles is 1. The molecule has 0 saturated carbocycles. The molecule has 0 radical (unpaired) electrons. The van der Waals surface area contributed by atoms with Gasteiger partial charge in [0.2, 0.25) is 5.91 Å². The van der Waals surface area contributed by atoms with Crippen LogP contribution in [0.1, 0.15) is 28.9 Å². The van der Waals surface area contributed by atoms with Gasteiger partial charge in [0.05, 0.1) is 5.56 Å². The lowest BCUT2D eigenvalue weighted by atomic mass is 10.1. The number of likely N-dealkylation sites (N-methyl/N-ethyl adjacent to an activating group) is 1. The highest BCUT2D eigenvalue weighted by molar-refractivity contribution is 5.92. The maximum absolute atomic E-state index is 11.9. The van der Waals surface area contributed by atoms with Crippen LogP contribution in [0.3, 0.4) is 0 Å². The lowest BCUT2D eigenvalue weighted by molar-refractivity contribution is -0.132. The number of nitrogens with one attached hydrogen (secondary N) is 1. The third kappa shape index (κ3) is 3.07. The average molecular weight is 258 g/mol. The monoisotopic (exact) mass is 258 g/mol. The fourth-order valence-electron chi connectivity index (χ4n) is 1.98. The Morgan fingerprint density at radius 2 is 2.37 bits per heavy atom. The van der Waals surface area contributed by atoms with Crippen LogP contribution in [0.4, 0.5) is 0 Å². The lowest BCUT2D eigenvalue weighted by Gasteiger charge is -2.30. The SMILES string of the molecule is CN1CC(NC(=O)c2ccc(C#N)cn2)CCC1=O. The van der Waals surface area contributed by atoms with E-state index in [-0.39, 0.29) is 23.6 Å². The second-order valence-electron chi connectivity index (χ2n) is 4.53. The predicted octanol–water partition coefficient (Wildman–Crippen LogP) is 0.304. The van der Waals surface area contributed by atoms with E-state index >= 15 is 0 Å². The van der Waals surface area contributed by atoms with E-state index in [0.717, 1.165) is 0 Å². The summed E-state index contributed by atoms with van der Waals surface area (Å²) in [5.74, 6) is -0.181. The molecule has 1 fully saturated rings. The first-order valence-corrected chi connectivity index (χ1v) is 6.01. The number of pyridine rings is 1. The van der Waals surface area contributed by atoms with Crippen LogP contribution in [0, 0.1) is 11.3 Å². The molecule has 0 bridgehead atoms. The van der Waals surface area contributed by atoms with Gasteiger partial charge in [0.15, 0.2) is 0 Å². The van der Waals surface area contributed by atoms with Gasteiger partial charge >= 0.3 is 0 Å². The van der Waals surface area contributed by atoms with Crippen LogP contribution in [0.15, 0.2) is 18.3 Å². The number of hydrogen-bond acceptors (Lipinski definition) is 4. The Bertz CT molecular complexity index is 533. The molecule has 1 atom stereocenters. The fraction of sp³-hybridized carbons (Fsp3) is 0.385. The van der Waals surface area contributed by atoms with E-state index in [0.29, 0.717) is 24.9 Å². The highest BCUT2D eigenvalue weighted by Crippen LogP contribution is 2.10. The zero-order valence-corrected chi connectivity index (χ0v) is 10.6. The molecule has 98 valence electrons. The lowest BCUT2D eigenvalue weighted by Crippen LogP contribution is -2.48. The van der Waals surface area contributed by atoms with Crippen molar-refractivity contribution in [1.29, 1.82) is 5.26 Å². The van der Waals surface area contributed by atoms with E-state index in [9.17, 15) is 9.59 Å². The molecule has 1 aliphatic heterocycles. The summed E-state index contributed by atoms with van der Waals surface area (Å²) in [6.45, 7) is 0.515. The van der Waals surface area contributed by atoms with Gasteiger partial charge in [-0.05, 0) is 18.6 Å². The summed E-state index contributed by atoms with van der Waals surface area (Å²) in [6, 6.07) is 4.97. The van der Waals surface area contributed by atoms with Crippen LogP contribution < -0.4 is 5.32 Å². The number of piperidine rings is 1. The van der Waals surface area contributed by atoms with Crippen molar-refractivity contribution < 1.29 is 9.59 Å². The molecule has 0 aromatic carbocycles. The number of hydrogen-bond donors (Lipinski definition) is 1. The van der Waals surface area contributed by atoms with Crippen molar-refractivity contribution in [2.75, 3.05) is 13.6 Å². The standard InChI is InChI=1S/C13H14N4O2/c1-17-8-10(3-5-12(17)18)16-13(19)11-4-2-9(6-14)7-15-11/h2,4,7,10H,3,5,8H2,1H3,(H,16,19). The minimum Gasteiger partial charge on any atom is -0.346 e. The van der Waals surface area contributed by atoms with Crippen molar-refractivity contribution >= 4 is 11.8 Å². The van der Waals surface area contributed by atoms with Crippen molar-refractivity contribution in [3.05, 3.63) is 29.6 Å². The summed E-state index contributed by atoms with van der Waals surface area (Å²) in [5, 5.41) is 11.5. The van der Waals surface area contributed by atoms with Crippen LogP contribution in [-0.2, 0) is 4.79 Å². The van der Waals surface area contributed by atoms with Crippen molar-refractivity contribution in [2.24, 2.45) is 0 Å². The zero-order chi connectivity index (χ0) is 13.8. The number of rotatable bonds is 2. The highest BCUT2D eigenvalue weighted by Gasteiger charge is 2.24. The molecule has 1 unspecified atom stereocenters. The first kappa shape index (κ1) is 13.0. The number of likely N-dealkylation sites (tertiary alicyclic amines) is 1. The third-order valence-electron chi connectivity index (χ3n) is 3.09. The molecule has 1 aromatic rings. The van der Waals surface area contributed by atoms with Crippen LogP contribution in [0.2, 0.25) is 0 Å². The van der Waals surface area contributed by atoms with Crippen LogP contribution >= 0.6 is 0 Å². The molecule has 6 nitrogen and oxygen atoms in total. The molecule has 19 heavy (non-hydrogen) atoms. The molecular weight excluding hydrogens is 244 g/mol. The van der Waals surface area contributed by atoms with Gasteiger partial charge in [-0.1, -0.05) is 0 Å². The number of aromatic nitrogens is 1. The molecule has 2 amide bonds. The van der Waals surface area contributed by atoms with E-state index in [4.69, 9.17) is 5.26 Å². The summed E-state index contributed by atoms with van der Waals surface area (Å²) >= 11 is 0. The molecule has 2 rings (SSSR count). The largest absolute Gasteiger partial charge is 0.346 e. The molecule has 1 saturated heterocycles. The van der Waals surface area contributed by atoms with Gasteiger partial charge in [-0.25, -0.2) is 4.98 Å². The summed E-state index contributed by atoms with van der Waals surface area (Å²) in [7, 11) is 1.72. The number of carbonyl (C=O) groups is 2. The van der Waals surface area contributed by atoms with Gasteiger partial charge < -0.3 is 10.2 Å². The van der Waals surface area contributed by atoms with Crippen molar-refractivity contribution in [2.45, 2.75) is 18.9 Å². The first-order chi connectivity index (χ1) is 9.10. The molecular formula is C13H14N4O2. The molecule has 0 aliphatic carbocycles. The van der Waals surface area contributed by atoms with Gasteiger partial charge in [0.1, 0.15) is 11.8 Å². The number of carbonyl (C=O) groups excluding carboxylic acids is 2. The Morgan fingerprint density at radius 3 is 2.95 bits per heavy atom. The average Bonchev–Trinajstić information content (AvgIpc) is 2.43. The maximum Gasteiger partial charge on any atom is 0.270 e. The Labute approximate surface area is 111 Å². The van der Waals surface area contributed by atoms with Crippen molar-refractivity contribution in [1.82, 2.24) is 15.2 Å². The Hall–Kier alpha value is -2.42. The van der Waals surface area contributed by atoms with E-state index in [2.05, 4.69) is 10.3 Å². The Balaban J connectivity index is 1.97. The summed E-state index contributed by atoms with van der Waals surface area (Å²) < 4.78 is 0. The smallest absolute Gasteiger partial charge is 0.270 e. The van der Waals surface area contributed by atoms with Gasteiger partial charge in [0.25, 0.3) is 5.91 Å². The molecule has 1 N–H and O–H groups in total. The predicted molar refractivity (Wildman–Crippen MR) is 67.1 cm³/mol. The van der Waals surface area contributed by atoms with Crippen LogP contribution in [0.25, 0.3) is 0 Å². The fourth-order valence-corrected chi connectivity index (χ4v) is 1.98. The number of nitrogens with zero attached hydrogens (tertiary/aromatic N) is 3. The van der Waals surface area contributed by atoms with Crippen molar-refractivity contribution in [3.63, 3.8) is 0 Å². The summed E-state index contributed by atoms with van der Waals surface area (Å²) in [6.07, 6.45) is 2.46. The minimum atomic E-state index is -0.280. The van der Waals surface area contributed by atoms with E-state index < -0.39 is 0 Å². The normalized spacial score (nSPS) is 18.8. The van der Waals surface area contributed by atoms with Crippen LogP contribution in [0.5, 0.6) is 0 Å². The van der Waals surface area contributed by atoms with Gasteiger partial charge in [-0.3, -0.25) is 9.59 Å². The maximum atomic E-state index is 11.9. The second-order valence-corrected chi connectivity index (χ2v) is 4.53. The number of amides is 2. The zero-order valence-electron chi connectivity index (χ0n) is 10.6. The van der Waals surface area contributed by atoms with Gasteiger partial charge in [-0.15, -0.1) is 0 Å².